The molecule has 1 aliphatic carbocycles. The molecule has 0 radical (unpaired) electrons. The molecule has 2 aliphatic rings. The van der Waals surface area contributed by atoms with Crippen LogP contribution in [0.1, 0.15) is 49.0 Å². The van der Waals surface area contributed by atoms with Gasteiger partial charge in [-0.2, -0.15) is 0 Å². The first-order valence-corrected chi connectivity index (χ1v) is 12.9. The smallest absolute Gasteiger partial charge is 0.328 e. The van der Waals surface area contributed by atoms with Crippen molar-refractivity contribution in [1.29, 1.82) is 0 Å². The summed E-state index contributed by atoms with van der Waals surface area (Å²) in [6.07, 6.45) is 4.02. The van der Waals surface area contributed by atoms with E-state index in [2.05, 4.69) is 36.9 Å². The minimum absolute atomic E-state index is 0.132. The highest BCUT2D eigenvalue weighted by Crippen LogP contribution is 2.34. The molecule has 4 rings (SSSR count). The molecular weight excluding hydrogens is 532 g/mol. The second-order valence-electron chi connectivity index (χ2n) is 9.38. The Morgan fingerprint density at radius 2 is 1.89 bits per heavy atom. The minimum atomic E-state index is -0.983. The third kappa shape index (κ3) is 6.00. The van der Waals surface area contributed by atoms with Crippen LogP contribution in [0.5, 0.6) is 5.75 Å². The van der Waals surface area contributed by atoms with Crippen LogP contribution in [-0.4, -0.2) is 61.5 Å². The van der Waals surface area contributed by atoms with Crippen LogP contribution >= 0.6 is 15.9 Å². The monoisotopic (exact) mass is 562 g/mol. The molecule has 2 heterocycles. The molecule has 3 amide bonds. The fourth-order valence-corrected chi connectivity index (χ4v) is 5.03. The van der Waals surface area contributed by atoms with Gasteiger partial charge in [-0.25, -0.2) is 4.79 Å². The Kier molecular flexibility index (Phi) is 8.17. The molecule has 1 saturated carbocycles. The second-order valence-corrected chi connectivity index (χ2v) is 10.2. The maximum Gasteiger partial charge on any atom is 0.328 e. The number of H-pyrrole nitrogens is 1. The molecule has 1 aromatic heterocycles. The van der Waals surface area contributed by atoms with Gasteiger partial charge in [-0.3, -0.25) is 14.4 Å². The van der Waals surface area contributed by atoms with Crippen LogP contribution in [0.2, 0.25) is 0 Å². The summed E-state index contributed by atoms with van der Waals surface area (Å²) < 4.78 is 11.1. The highest BCUT2D eigenvalue weighted by molar-refractivity contribution is 9.10. The van der Waals surface area contributed by atoms with Crippen LogP contribution < -0.4 is 20.7 Å². The van der Waals surface area contributed by atoms with Gasteiger partial charge in [0, 0.05) is 22.3 Å². The Hall–Kier alpha value is -3.08. The zero-order valence-corrected chi connectivity index (χ0v) is 21.9. The van der Waals surface area contributed by atoms with Crippen molar-refractivity contribution in [3.63, 3.8) is 0 Å². The number of fused-ring (bicyclic) bond motifs is 1. The lowest BCUT2D eigenvalue weighted by Gasteiger charge is -2.27. The van der Waals surface area contributed by atoms with Gasteiger partial charge >= 0.3 is 5.97 Å². The number of carbonyl (C=O) groups is 4. The molecule has 4 N–H and O–H groups in total. The molecule has 0 spiro atoms. The van der Waals surface area contributed by atoms with Crippen molar-refractivity contribution >= 4 is 50.5 Å². The van der Waals surface area contributed by atoms with Gasteiger partial charge in [-0.15, -0.1) is 0 Å². The molecule has 36 heavy (non-hydrogen) atoms. The van der Waals surface area contributed by atoms with E-state index in [1.165, 1.54) is 7.11 Å². The number of carbonyl (C=O) groups excluding carboxylic acids is 4. The lowest BCUT2D eigenvalue weighted by Crippen LogP contribution is -2.53. The first-order chi connectivity index (χ1) is 17.3. The minimum Gasteiger partial charge on any atom is -0.496 e. The second kappa shape index (κ2) is 11.3. The van der Waals surface area contributed by atoms with E-state index in [0.717, 1.165) is 29.1 Å². The summed E-state index contributed by atoms with van der Waals surface area (Å²) in [6, 6.07) is 3.48. The van der Waals surface area contributed by atoms with Crippen molar-refractivity contribution in [2.24, 2.45) is 11.8 Å². The van der Waals surface area contributed by atoms with Gasteiger partial charge in [-0.05, 0) is 65.7 Å². The molecule has 0 bridgehead atoms. The van der Waals surface area contributed by atoms with Gasteiger partial charge < -0.3 is 30.4 Å². The van der Waals surface area contributed by atoms with Crippen LogP contribution in [0.3, 0.4) is 0 Å². The Balaban J connectivity index is 1.49. The summed E-state index contributed by atoms with van der Waals surface area (Å²) in [5.41, 5.74) is 0.992. The zero-order chi connectivity index (χ0) is 25.8. The Morgan fingerprint density at radius 1 is 1.11 bits per heavy atom. The van der Waals surface area contributed by atoms with Crippen LogP contribution in [0.4, 0.5) is 0 Å². The average molecular weight is 563 g/mol. The van der Waals surface area contributed by atoms with Gasteiger partial charge in [0.2, 0.25) is 11.8 Å². The molecule has 1 saturated heterocycles. The number of aromatic amines is 1. The number of nitrogens with one attached hydrogen (secondary N) is 4. The third-order valence-electron chi connectivity index (χ3n) is 6.78. The number of esters is 1. The van der Waals surface area contributed by atoms with E-state index in [4.69, 9.17) is 9.47 Å². The Labute approximate surface area is 217 Å². The van der Waals surface area contributed by atoms with Gasteiger partial charge in [-0.1, -0.05) is 12.8 Å². The largest absolute Gasteiger partial charge is 0.496 e. The number of hydrogen-bond donors (Lipinski definition) is 4. The quantitative estimate of drug-likeness (QED) is 0.328. The number of piperidine rings is 1. The van der Waals surface area contributed by atoms with E-state index >= 15 is 0 Å². The lowest BCUT2D eigenvalue weighted by molar-refractivity contribution is -0.146. The average Bonchev–Trinajstić information content (AvgIpc) is 3.57. The standard InChI is InChI=1S/C25H31BrN4O6/c1-35-20-8-7-16(26)21-15(20)12-18(28-21)24(33)29-17(10-13-5-6-13)23(32)30-19(25(34)36-2)11-14-4-3-9-27-22(14)31/h7-8,12-14,17,19,28H,3-6,9-11H2,1-2H3,(H,27,31)(H,29,33)(H,30,32)/t14-,17-,19?/m0/s1. The highest BCUT2D eigenvalue weighted by Gasteiger charge is 2.35. The van der Waals surface area contributed by atoms with Crippen LogP contribution in [-0.2, 0) is 19.1 Å². The number of rotatable bonds is 10. The van der Waals surface area contributed by atoms with Crippen LogP contribution in [0, 0.1) is 11.8 Å². The number of ether oxygens (including phenoxy) is 2. The van der Waals surface area contributed by atoms with E-state index in [1.807, 2.05) is 6.07 Å². The SMILES string of the molecule is COC(=O)C(C[C@@H]1CCCNC1=O)NC(=O)[C@H](CC1CC1)NC(=O)c1cc2c(OC)ccc(Br)c2[nH]1. The van der Waals surface area contributed by atoms with Crippen molar-refractivity contribution in [3.8, 4) is 5.75 Å². The first kappa shape index (κ1) is 26.0. The highest BCUT2D eigenvalue weighted by atomic mass is 79.9. The normalized spacial score (nSPS) is 19.2. The zero-order valence-electron chi connectivity index (χ0n) is 20.3. The summed E-state index contributed by atoms with van der Waals surface area (Å²) in [6.45, 7) is 0.607. The fraction of sp³-hybridized carbons (Fsp3) is 0.520. The van der Waals surface area contributed by atoms with E-state index in [9.17, 15) is 19.2 Å². The van der Waals surface area contributed by atoms with Crippen molar-refractivity contribution in [1.82, 2.24) is 20.9 Å². The fourth-order valence-electron chi connectivity index (χ4n) is 4.59. The molecule has 1 aromatic carbocycles. The molecular formula is C25H31BrN4O6. The van der Waals surface area contributed by atoms with E-state index < -0.39 is 29.9 Å². The molecule has 11 heteroatoms. The van der Waals surface area contributed by atoms with E-state index in [-0.39, 0.29) is 23.9 Å². The van der Waals surface area contributed by atoms with Crippen molar-refractivity contribution < 1.29 is 28.7 Å². The topological polar surface area (TPSA) is 139 Å². The summed E-state index contributed by atoms with van der Waals surface area (Å²) in [5, 5.41) is 9.09. The van der Waals surface area contributed by atoms with Crippen molar-refractivity contribution in [2.45, 2.75) is 50.6 Å². The van der Waals surface area contributed by atoms with Gasteiger partial charge in [0.25, 0.3) is 5.91 Å². The van der Waals surface area contributed by atoms with E-state index in [0.29, 0.717) is 36.6 Å². The van der Waals surface area contributed by atoms with Gasteiger partial charge in [0.1, 0.15) is 23.5 Å². The van der Waals surface area contributed by atoms with Crippen molar-refractivity contribution in [2.75, 3.05) is 20.8 Å². The number of halogens is 1. The predicted octanol–water partition coefficient (Wildman–Crippen LogP) is 2.41. The number of amides is 3. The van der Waals surface area contributed by atoms with Gasteiger partial charge in [0.05, 0.1) is 19.7 Å². The summed E-state index contributed by atoms with van der Waals surface area (Å²) in [5.74, 6) is -1.11. The molecule has 1 unspecified atom stereocenters. The predicted molar refractivity (Wildman–Crippen MR) is 135 cm³/mol. The molecule has 194 valence electrons. The summed E-state index contributed by atoms with van der Waals surface area (Å²) >= 11 is 3.48. The number of aromatic nitrogens is 1. The summed E-state index contributed by atoms with van der Waals surface area (Å²) in [7, 11) is 2.80. The van der Waals surface area contributed by atoms with Gasteiger partial charge in [0.15, 0.2) is 0 Å². The molecule has 3 atom stereocenters. The maximum absolute atomic E-state index is 13.3. The van der Waals surface area contributed by atoms with Crippen LogP contribution in [0.25, 0.3) is 10.9 Å². The Morgan fingerprint density at radius 3 is 2.56 bits per heavy atom. The van der Waals surface area contributed by atoms with E-state index in [1.54, 1.807) is 19.2 Å². The third-order valence-corrected chi connectivity index (χ3v) is 7.44. The molecule has 2 fully saturated rings. The lowest BCUT2D eigenvalue weighted by atomic mass is 9.91. The maximum atomic E-state index is 13.3. The summed E-state index contributed by atoms with van der Waals surface area (Å²) in [4.78, 5) is 54.2. The molecule has 2 aromatic rings. The number of methoxy groups -OCH3 is 2. The number of hydrogen-bond acceptors (Lipinski definition) is 6. The molecule has 10 nitrogen and oxygen atoms in total. The van der Waals surface area contributed by atoms with Crippen molar-refractivity contribution in [3.05, 3.63) is 28.4 Å². The Bertz CT molecular complexity index is 1160. The number of benzene rings is 1. The first-order valence-electron chi connectivity index (χ1n) is 12.1. The molecule has 1 aliphatic heterocycles. The van der Waals surface area contributed by atoms with Crippen LogP contribution in [0.15, 0.2) is 22.7 Å².